The molecule has 5 nitrogen and oxygen atoms in total. The molecule has 2 aromatic heterocycles. The van der Waals surface area contributed by atoms with Gasteiger partial charge < -0.3 is 4.98 Å². The van der Waals surface area contributed by atoms with Crippen molar-refractivity contribution in [3.63, 3.8) is 0 Å². The maximum Gasteiger partial charge on any atom is 0.328 e. The predicted molar refractivity (Wildman–Crippen MR) is 69.9 cm³/mol. The van der Waals surface area contributed by atoms with Crippen LogP contribution >= 0.6 is 12.2 Å². The summed E-state index contributed by atoms with van der Waals surface area (Å²) >= 11 is 5.14. The molecule has 0 amide bonds. The van der Waals surface area contributed by atoms with E-state index >= 15 is 0 Å². The third-order valence-corrected chi connectivity index (χ3v) is 2.97. The molecule has 2 rings (SSSR count). The standard InChI is InChI=1S/C11H16N4OS/c1-5-15-7-6(8(17)14-10(15)16)12-9(13-7)11(2,3)4/h5H2,1-4H3,(H,12,13)(H,14,16,17). The lowest BCUT2D eigenvalue weighted by Crippen LogP contribution is -2.22. The number of rotatable bonds is 1. The van der Waals surface area contributed by atoms with Crippen LogP contribution < -0.4 is 5.69 Å². The molecule has 6 heteroatoms. The van der Waals surface area contributed by atoms with E-state index in [9.17, 15) is 4.79 Å². The molecule has 0 aliphatic heterocycles. The molecule has 0 atom stereocenters. The summed E-state index contributed by atoms with van der Waals surface area (Å²) in [6.07, 6.45) is 0. The van der Waals surface area contributed by atoms with Crippen molar-refractivity contribution in [1.29, 1.82) is 0 Å². The Bertz CT molecular complexity index is 671. The van der Waals surface area contributed by atoms with Crippen molar-refractivity contribution < 1.29 is 0 Å². The Morgan fingerprint density at radius 1 is 1.35 bits per heavy atom. The Hall–Kier alpha value is -1.43. The zero-order valence-electron chi connectivity index (χ0n) is 10.4. The summed E-state index contributed by atoms with van der Waals surface area (Å²) in [6, 6.07) is 0. The van der Waals surface area contributed by atoms with E-state index in [1.807, 2.05) is 6.92 Å². The third kappa shape index (κ3) is 1.93. The molecule has 0 aromatic carbocycles. The minimum Gasteiger partial charge on any atom is -0.338 e. The summed E-state index contributed by atoms with van der Waals surface area (Å²) in [7, 11) is 0. The summed E-state index contributed by atoms with van der Waals surface area (Å²) in [4.78, 5) is 22.1. The number of aromatic nitrogens is 4. The van der Waals surface area contributed by atoms with Gasteiger partial charge >= 0.3 is 5.69 Å². The van der Waals surface area contributed by atoms with E-state index in [1.165, 1.54) is 0 Å². The maximum atomic E-state index is 11.7. The van der Waals surface area contributed by atoms with E-state index in [0.717, 1.165) is 11.3 Å². The van der Waals surface area contributed by atoms with Gasteiger partial charge in [0, 0.05) is 12.0 Å². The van der Waals surface area contributed by atoms with Crippen molar-refractivity contribution in [3.8, 4) is 0 Å². The molecule has 0 aliphatic carbocycles. The Labute approximate surface area is 104 Å². The first kappa shape index (κ1) is 12.0. The molecule has 17 heavy (non-hydrogen) atoms. The highest BCUT2D eigenvalue weighted by molar-refractivity contribution is 7.71. The van der Waals surface area contributed by atoms with E-state index in [2.05, 4.69) is 35.7 Å². The molecule has 0 saturated carbocycles. The number of nitrogens with one attached hydrogen (secondary N) is 2. The van der Waals surface area contributed by atoms with Crippen LogP contribution in [-0.2, 0) is 12.0 Å². The first-order valence-corrected chi connectivity index (χ1v) is 5.98. The van der Waals surface area contributed by atoms with Gasteiger partial charge in [-0.1, -0.05) is 33.0 Å². The van der Waals surface area contributed by atoms with Gasteiger partial charge in [-0.15, -0.1) is 0 Å². The van der Waals surface area contributed by atoms with Crippen LogP contribution in [0.15, 0.2) is 4.79 Å². The third-order valence-electron chi connectivity index (χ3n) is 2.66. The Kier molecular flexibility index (Phi) is 2.69. The molecule has 0 saturated heterocycles. The van der Waals surface area contributed by atoms with Crippen molar-refractivity contribution in [3.05, 3.63) is 20.9 Å². The summed E-state index contributed by atoms with van der Waals surface area (Å²) in [5, 5.41) is 0. The molecular formula is C11H16N4OS. The predicted octanol–water partition coefficient (Wildman–Crippen LogP) is 2.10. The number of aryl methyl sites for hydroxylation is 1. The monoisotopic (exact) mass is 252 g/mol. The first-order valence-electron chi connectivity index (χ1n) is 5.58. The highest BCUT2D eigenvalue weighted by atomic mass is 32.1. The number of imidazole rings is 1. The minimum absolute atomic E-state index is 0.102. The lowest BCUT2D eigenvalue weighted by Gasteiger charge is -2.13. The second-order valence-corrected chi connectivity index (χ2v) is 5.45. The molecular weight excluding hydrogens is 236 g/mol. The molecule has 0 bridgehead atoms. The SMILES string of the molecule is CCn1c(=O)[nH]c(=S)c2[nH]c(C(C)(C)C)nc21. The van der Waals surface area contributed by atoms with Crippen LogP contribution in [0.25, 0.3) is 11.2 Å². The van der Waals surface area contributed by atoms with Crippen LogP contribution in [0.2, 0.25) is 0 Å². The average molecular weight is 252 g/mol. The molecule has 0 radical (unpaired) electrons. The van der Waals surface area contributed by atoms with Gasteiger partial charge in [0.05, 0.1) is 0 Å². The van der Waals surface area contributed by atoms with E-state index in [4.69, 9.17) is 12.2 Å². The lowest BCUT2D eigenvalue weighted by molar-refractivity contribution is 0.553. The Morgan fingerprint density at radius 2 is 2.00 bits per heavy atom. The maximum absolute atomic E-state index is 11.7. The van der Waals surface area contributed by atoms with Crippen molar-refractivity contribution in [2.75, 3.05) is 0 Å². The van der Waals surface area contributed by atoms with E-state index in [1.54, 1.807) is 4.57 Å². The highest BCUT2D eigenvalue weighted by Gasteiger charge is 2.20. The van der Waals surface area contributed by atoms with Gasteiger partial charge in [0.25, 0.3) is 0 Å². The fourth-order valence-corrected chi connectivity index (χ4v) is 1.92. The summed E-state index contributed by atoms with van der Waals surface area (Å²) in [5.41, 5.74) is 1.05. The van der Waals surface area contributed by atoms with Crippen LogP contribution in [0.1, 0.15) is 33.5 Å². The molecule has 2 N–H and O–H groups in total. The van der Waals surface area contributed by atoms with Crippen LogP contribution in [0.3, 0.4) is 0 Å². The minimum atomic E-state index is -0.211. The lowest BCUT2D eigenvalue weighted by atomic mass is 9.96. The molecule has 2 aromatic rings. The number of H-pyrrole nitrogens is 2. The average Bonchev–Trinajstić information content (AvgIpc) is 2.62. The molecule has 0 fully saturated rings. The second-order valence-electron chi connectivity index (χ2n) is 5.04. The number of aromatic amines is 2. The van der Waals surface area contributed by atoms with Gasteiger partial charge in [0.2, 0.25) is 0 Å². The van der Waals surface area contributed by atoms with Crippen LogP contribution in [0, 0.1) is 4.64 Å². The zero-order valence-corrected chi connectivity index (χ0v) is 11.2. The summed E-state index contributed by atoms with van der Waals surface area (Å²) in [6.45, 7) is 8.66. The van der Waals surface area contributed by atoms with Gasteiger partial charge in [0.15, 0.2) is 5.65 Å². The molecule has 0 aliphatic rings. The van der Waals surface area contributed by atoms with Gasteiger partial charge in [-0.2, -0.15) is 0 Å². The topological polar surface area (TPSA) is 66.5 Å². The quantitative estimate of drug-likeness (QED) is 0.764. The van der Waals surface area contributed by atoms with E-state index < -0.39 is 0 Å². The van der Waals surface area contributed by atoms with Crippen molar-refractivity contribution in [2.24, 2.45) is 0 Å². The van der Waals surface area contributed by atoms with Crippen molar-refractivity contribution >= 4 is 23.4 Å². The van der Waals surface area contributed by atoms with Gasteiger partial charge in [-0.3, -0.25) is 9.55 Å². The molecule has 2 heterocycles. The van der Waals surface area contributed by atoms with Crippen LogP contribution in [0.5, 0.6) is 0 Å². The van der Waals surface area contributed by atoms with Crippen molar-refractivity contribution in [1.82, 2.24) is 19.5 Å². The molecule has 0 unspecified atom stereocenters. The smallest absolute Gasteiger partial charge is 0.328 e. The van der Waals surface area contributed by atoms with E-state index in [-0.39, 0.29) is 11.1 Å². The van der Waals surface area contributed by atoms with Crippen LogP contribution in [-0.4, -0.2) is 19.5 Å². The molecule has 0 spiro atoms. The number of fused-ring (bicyclic) bond motifs is 1. The Morgan fingerprint density at radius 3 is 2.53 bits per heavy atom. The highest BCUT2D eigenvalue weighted by Crippen LogP contribution is 2.21. The molecule has 92 valence electrons. The fourth-order valence-electron chi connectivity index (χ4n) is 1.69. The normalized spacial score (nSPS) is 12.2. The fraction of sp³-hybridized carbons (Fsp3) is 0.545. The number of hydrogen-bond donors (Lipinski definition) is 2. The van der Waals surface area contributed by atoms with E-state index in [0.29, 0.717) is 16.8 Å². The number of nitrogens with zero attached hydrogens (tertiary/aromatic N) is 2. The first-order chi connectivity index (χ1) is 7.84. The zero-order chi connectivity index (χ0) is 12.8. The van der Waals surface area contributed by atoms with Gasteiger partial charge in [-0.05, 0) is 6.92 Å². The second kappa shape index (κ2) is 3.80. The summed E-state index contributed by atoms with van der Waals surface area (Å²) in [5.74, 6) is 0.833. The number of hydrogen-bond acceptors (Lipinski definition) is 3. The van der Waals surface area contributed by atoms with Crippen LogP contribution in [0.4, 0.5) is 0 Å². The van der Waals surface area contributed by atoms with Crippen molar-refractivity contribution in [2.45, 2.75) is 39.7 Å². The van der Waals surface area contributed by atoms with Gasteiger partial charge in [-0.25, -0.2) is 9.78 Å². The van der Waals surface area contributed by atoms with Gasteiger partial charge in [0.1, 0.15) is 16.0 Å². The summed E-state index contributed by atoms with van der Waals surface area (Å²) < 4.78 is 1.99. The largest absolute Gasteiger partial charge is 0.338 e. The Balaban J connectivity index is 2.90.